The first kappa shape index (κ1) is 23.7. The lowest BCUT2D eigenvalue weighted by Crippen LogP contribution is -2.37. The van der Waals surface area contributed by atoms with Gasteiger partial charge in [0.2, 0.25) is 0 Å². The molecule has 0 spiro atoms. The van der Waals surface area contributed by atoms with Gasteiger partial charge >= 0.3 is 0 Å². The van der Waals surface area contributed by atoms with Crippen LogP contribution in [0, 0.1) is 12.7 Å². The van der Waals surface area contributed by atoms with Crippen LogP contribution in [-0.2, 0) is 16.4 Å². The van der Waals surface area contributed by atoms with Crippen molar-refractivity contribution in [2.45, 2.75) is 49.4 Å². The predicted octanol–water partition coefficient (Wildman–Crippen LogP) is 5.52. The molecule has 4 aromatic rings. The van der Waals surface area contributed by atoms with Crippen molar-refractivity contribution < 1.29 is 17.3 Å². The normalized spacial score (nSPS) is 19.5. The van der Waals surface area contributed by atoms with Crippen LogP contribution in [0.1, 0.15) is 31.0 Å². The summed E-state index contributed by atoms with van der Waals surface area (Å²) in [6.45, 7) is 5.42. The zero-order chi connectivity index (χ0) is 24.0. The van der Waals surface area contributed by atoms with Gasteiger partial charge in [-0.2, -0.15) is 0 Å². The van der Waals surface area contributed by atoms with Gasteiger partial charge < -0.3 is 4.52 Å². The number of sulfonamides is 1. The maximum absolute atomic E-state index is 13.4. The fourth-order valence-electron chi connectivity index (χ4n) is 4.79. The van der Waals surface area contributed by atoms with Crippen LogP contribution in [0.2, 0.25) is 5.02 Å². The zero-order valence-electron chi connectivity index (χ0n) is 18.8. The van der Waals surface area contributed by atoms with E-state index in [9.17, 15) is 12.8 Å². The molecule has 1 saturated heterocycles. The third kappa shape index (κ3) is 4.59. The summed E-state index contributed by atoms with van der Waals surface area (Å²) in [7, 11) is -3.63. The van der Waals surface area contributed by atoms with E-state index >= 15 is 0 Å². The molecule has 0 radical (unpaired) electrons. The number of hydrogen-bond donors (Lipinski definition) is 1. The molecule has 1 aliphatic rings. The van der Waals surface area contributed by atoms with Crippen LogP contribution in [0.4, 0.5) is 4.39 Å². The molecule has 10 heteroatoms. The summed E-state index contributed by atoms with van der Waals surface area (Å²) < 4.78 is 49.2. The summed E-state index contributed by atoms with van der Waals surface area (Å²) in [5, 5.41) is 6.39. The summed E-state index contributed by atoms with van der Waals surface area (Å²) in [4.78, 5) is 2.30. The molecule has 0 amide bonds. The maximum atomic E-state index is 13.4. The number of thiophene rings is 1. The Labute approximate surface area is 206 Å². The quantitative estimate of drug-likeness (QED) is 0.346. The molecule has 0 aliphatic carbocycles. The van der Waals surface area contributed by atoms with Gasteiger partial charge in [0.15, 0.2) is 5.58 Å². The number of hydrogen-bond acceptors (Lipinski definition) is 6. The number of halogens is 2. The molecule has 5 rings (SSSR count). The van der Waals surface area contributed by atoms with Crippen molar-refractivity contribution in [3.8, 4) is 0 Å². The molecule has 0 saturated carbocycles. The Hall–Kier alpha value is -2.04. The third-order valence-corrected chi connectivity index (χ3v) is 10.1. The summed E-state index contributed by atoms with van der Waals surface area (Å²) in [6.07, 6.45) is 2.31. The van der Waals surface area contributed by atoms with E-state index in [4.69, 9.17) is 16.1 Å². The molecule has 2 aromatic carbocycles. The van der Waals surface area contributed by atoms with E-state index in [1.54, 1.807) is 12.1 Å². The van der Waals surface area contributed by atoms with E-state index in [2.05, 4.69) is 21.7 Å². The molecule has 2 atom stereocenters. The van der Waals surface area contributed by atoms with Crippen molar-refractivity contribution in [3.05, 3.63) is 58.5 Å². The van der Waals surface area contributed by atoms with Crippen molar-refractivity contribution in [2.24, 2.45) is 0 Å². The first-order chi connectivity index (χ1) is 16.2. The van der Waals surface area contributed by atoms with Gasteiger partial charge in [-0.05, 0) is 80.9 Å². The van der Waals surface area contributed by atoms with Crippen LogP contribution >= 0.6 is 22.9 Å². The highest BCUT2D eigenvalue weighted by molar-refractivity contribution is 7.91. The van der Waals surface area contributed by atoms with Crippen molar-refractivity contribution in [1.82, 2.24) is 14.8 Å². The molecule has 3 heterocycles. The van der Waals surface area contributed by atoms with Gasteiger partial charge in [-0.1, -0.05) is 16.8 Å². The largest absolute Gasteiger partial charge is 0.356 e. The molecule has 0 unspecified atom stereocenters. The van der Waals surface area contributed by atoms with Crippen LogP contribution in [0.5, 0.6) is 0 Å². The summed E-state index contributed by atoms with van der Waals surface area (Å²) >= 11 is 7.38. The van der Waals surface area contributed by atoms with Crippen LogP contribution in [0.15, 0.2) is 45.1 Å². The zero-order valence-corrected chi connectivity index (χ0v) is 21.2. The minimum atomic E-state index is -3.63. The van der Waals surface area contributed by atoms with Gasteiger partial charge in [0.1, 0.15) is 10.0 Å². The Bertz CT molecular complexity index is 1470. The standard InChI is InChI=1S/C24H25ClFN3O3S2/c1-14-10-18(28-34(30,31)24-15(2)20-11-16(25)5-8-23(20)33-24)13-29(14)9-3-4-21-19-7-6-17(26)12-22(19)32-27-21/h5-8,11-12,14,18,28H,3-4,9-10,13H2,1-2H3/t14-,18-/m0/s1. The van der Waals surface area contributed by atoms with E-state index < -0.39 is 10.0 Å². The van der Waals surface area contributed by atoms with E-state index in [-0.39, 0.29) is 17.9 Å². The van der Waals surface area contributed by atoms with Crippen LogP contribution < -0.4 is 4.72 Å². The lowest BCUT2D eigenvalue weighted by atomic mass is 10.1. The Morgan fingerprint density at radius 2 is 2.09 bits per heavy atom. The number of aromatic nitrogens is 1. The predicted molar refractivity (Wildman–Crippen MR) is 134 cm³/mol. The molecular weight excluding hydrogens is 497 g/mol. The smallest absolute Gasteiger partial charge is 0.250 e. The third-order valence-electron chi connectivity index (χ3n) is 6.49. The van der Waals surface area contributed by atoms with Gasteiger partial charge in [-0.3, -0.25) is 4.90 Å². The first-order valence-corrected chi connectivity index (χ1v) is 13.9. The molecule has 6 nitrogen and oxygen atoms in total. The average Bonchev–Trinajstić information content (AvgIpc) is 3.44. The molecule has 2 aromatic heterocycles. The molecule has 1 aliphatic heterocycles. The minimum absolute atomic E-state index is 0.149. The Morgan fingerprint density at radius 3 is 2.91 bits per heavy atom. The van der Waals surface area contributed by atoms with Crippen LogP contribution in [0.25, 0.3) is 21.1 Å². The second-order valence-corrected chi connectivity index (χ2v) is 12.3. The molecule has 34 heavy (non-hydrogen) atoms. The highest BCUT2D eigenvalue weighted by Crippen LogP contribution is 2.36. The van der Waals surface area contributed by atoms with Gasteiger partial charge in [-0.15, -0.1) is 11.3 Å². The number of fused-ring (bicyclic) bond motifs is 2. The Balaban J connectivity index is 1.21. The van der Waals surface area contributed by atoms with Gasteiger partial charge in [0.05, 0.1) is 5.69 Å². The van der Waals surface area contributed by atoms with E-state index in [0.717, 1.165) is 46.1 Å². The molecule has 0 bridgehead atoms. The van der Waals surface area contributed by atoms with Crippen LogP contribution in [-0.4, -0.2) is 43.6 Å². The molecule has 1 N–H and O–H groups in total. The van der Waals surface area contributed by atoms with E-state index in [1.165, 1.54) is 23.5 Å². The first-order valence-electron chi connectivity index (χ1n) is 11.2. The fraction of sp³-hybridized carbons (Fsp3) is 0.375. The average molecular weight is 522 g/mol. The summed E-state index contributed by atoms with van der Waals surface area (Å²) in [5.74, 6) is -0.343. The second-order valence-electron chi connectivity index (χ2n) is 8.93. The highest BCUT2D eigenvalue weighted by atomic mass is 35.5. The van der Waals surface area contributed by atoms with Crippen molar-refractivity contribution in [3.63, 3.8) is 0 Å². The topological polar surface area (TPSA) is 75.4 Å². The SMILES string of the molecule is Cc1c(S(=O)(=O)N[C@H]2C[C@H](C)N(CCCc3noc4cc(F)ccc34)C2)sc2ccc(Cl)cc12. The second kappa shape index (κ2) is 9.20. The van der Waals surface area contributed by atoms with E-state index in [0.29, 0.717) is 27.8 Å². The minimum Gasteiger partial charge on any atom is -0.356 e. The molecular formula is C24H25ClFN3O3S2. The highest BCUT2D eigenvalue weighted by Gasteiger charge is 2.33. The number of nitrogens with zero attached hydrogens (tertiary/aromatic N) is 2. The number of benzene rings is 2. The molecule has 1 fully saturated rings. The van der Waals surface area contributed by atoms with Crippen molar-refractivity contribution >= 4 is 54.0 Å². The fourth-order valence-corrected chi connectivity index (χ4v) is 7.96. The number of rotatable bonds is 7. The summed E-state index contributed by atoms with van der Waals surface area (Å²) in [6, 6.07) is 10.0. The van der Waals surface area contributed by atoms with Gasteiger partial charge in [-0.25, -0.2) is 17.5 Å². The maximum Gasteiger partial charge on any atom is 0.250 e. The Kier molecular flexibility index (Phi) is 6.41. The van der Waals surface area contributed by atoms with Crippen molar-refractivity contribution in [1.29, 1.82) is 0 Å². The van der Waals surface area contributed by atoms with Crippen LogP contribution in [0.3, 0.4) is 0 Å². The van der Waals surface area contributed by atoms with Gasteiger partial charge in [0, 0.05) is 39.8 Å². The van der Waals surface area contributed by atoms with Crippen molar-refractivity contribution in [2.75, 3.05) is 13.1 Å². The summed E-state index contributed by atoms with van der Waals surface area (Å²) in [5.41, 5.74) is 2.01. The number of likely N-dealkylation sites (tertiary alicyclic amines) is 1. The number of aryl methyl sites for hydroxylation is 2. The van der Waals surface area contributed by atoms with E-state index in [1.807, 2.05) is 19.1 Å². The molecule has 180 valence electrons. The van der Waals surface area contributed by atoms with Gasteiger partial charge in [0.25, 0.3) is 10.0 Å². The number of nitrogens with one attached hydrogen (secondary N) is 1. The monoisotopic (exact) mass is 521 g/mol. The Morgan fingerprint density at radius 1 is 1.26 bits per heavy atom. The lowest BCUT2D eigenvalue weighted by molar-refractivity contribution is 0.263. The lowest BCUT2D eigenvalue weighted by Gasteiger charge is -2.20.